The molecule has 3 aliphatic rings. The van der Waals surface area contributed by atoms with Crippen LogP contribution in [0.25, 0.3) is 11.1 Å². The number of ether oxygens (including phenoxy) is 1. The van der Waals surface area contributed by atoms with Gasteiger partial charge >= 0.3 is 0 Å². The van der Waals surface area contributed by atoms with E-state index in [1.54, 1.807) is 13.3 Å². The van der Waals surface area contributed by atoms with Gasteiger partial charge < -0.3 is 24.8 Å². The summed E-state index contributed by atoms with van der Waals surface area (Å²) in [7, 11) is 1.64. The number of hydrogen-bond acceptors (Lipinski definition) is 6. The van der Waals surface area contributed by atoms with Gasteiger partial charge in [-0.05, 0) is 55.7 Å². The Morgan fingerprint density at radius 1 is 0.925 bits per heavy atom. The second kappa shape index (κ2) is 12.5. The number of H-pyrrole nitrogens is 1. The first-order chi connectivity index (χ1) is 18.6. The summed E-state index contributed by atoms with van der Waals surface area (Å²) in [6.45, 7) is 5.80. The molecule has 1 aromatic heterocycles. The molecule has 0 unspecified atom stereocenters. The zero-order valence-corrected chi connectivity index (χ0v) is 24.2. The van der Waals surface area contributed by atoms with Crippen LogP contribution in [-0.4, -0.2) is 79.8 Å². The number of anilines is 2. The normalized spacial score (nSPS) is 18.3. The van der Waals surface area contributed by atoms with E-state index in [0.29, 0.717) is 43.8 Å². The molecule has 0 saturated carbocycles. The third-order valence-corrected chi connectivity index (χ3v) is 8.42. The lowest BCUT2D eigenvalue weighted by Gasteiger charge is -2.38. The Balaban J connectivity index is 0.00000185. The maximum Gasteiger partial charge on any atom is 0.253 e. The summed E-state index contributed by atoms with van der Waals surface area (Å²) < 4.78 is 5.64. The zero-order valence-electron chi connectivity index (χ0n) is 22.6. The smallest absolute Gasteiger partial charge is 0.253 e. The van der Waals surface area contributed by atoms with Gasteiger partial charge in [-0.25, -0.2) is 0 Å². The van der Waals surface area contributed by atoms with Gasteiger partial charge in [-0.1, -0.05) is 0 Å². The lowest BCUT2D eigenvalue weighted by molar-refractivity contribution is -0.127. The first-order valence-corrected chi connectivity index (χ1v) is 13.4. The number of methoxy groups -OCH3 is 1. The number of amides is 2. The Labute approximate surface area is 247 Å². The molecule has 1 spiro atoms. The molecule has 9 nitrogen and oxygen atoms in total. The SMILES string of the molecule is COc1cc(N2CCC3(CCN(C(=O)c4ccc(N5CCNCC5)cc4)CC3)C2=O)ccc1-c1cn[nH]c1.Cl.Cl. The Kier molecular flexibility index (Phi) is 9.28. The molecule has 214 valence electrons. The van der Waals surface area contributed by atoms with Crippen molar-refractivity contribution in [3.63, 3.8) is 0 Å². The van der Waals surface area contributed by atoms with Crippen LogP contribution in [0.1, 0.15) is 29.6 Å². The topological polar surface area (TPSA) is 93.8 Å². The number of nitrogens with zero attached hydrogens (tertiary/aromatic N) is 4. The monoisotopic (exact) mass is 586 g/mol. The number of benzene rings is 2. The molecular formula is C29H36Cl2N6O3. The lowest BCUT2D eigenvalue weighted by Crippen LogP contribution is -2.46. The highest BCUT2D eigenvalue weighted by Gasteiger charge is 2.49. The average Bonchev–Trinajstić information content (AvgIpc) is 3.62. The molecule has 2 aromatic carbocycles. The van der Waals surface area contributed by atoms with E-state index in [1.807, 2.05) is 46.3 Å². The number of aromatic nitrogens is 2. The molecule has 0 radical (unpaired) electrons. The molecule has 3 aromatic rings. The fraction of sp³-hybridized carbons (Fsp3) is 0.414. The van der Waals surface area contributed by atoms with Gasteiger partial charge in [-0.2, -0.15) is 5.10 Å². The van der Waals surface area contributed by atoms with Crippen LogP contribution in [0.3, 0.4) is 0 Å². The van der Waals surface area contributed by atoms with Gasteiger partial charge in [0.2, 0.25) is 5.91 Å². The molecule has 3 saturated heterocycles. The van der Waals surface area contributed by atoms with Crippen LogP contribution in [0, 0.1) is 5.41 Å². The summed E-state index contributed by atoms with van der Waals surface area (Å²) in [5.74, 6) is 0.915. The standard InChI is InChI=1S/C29H34N6O3.2ClH/c1-38-26-18-24(6-7-25(26)22-19-31-32-20-22)35-15-10-29(28(35)37)8-13-34(14-9-29)27(36)21-2-4-23(5-3-21)33-16-11-30-12-17-33;;/h2-7,18-20,30H,8-17H2,1H3,(H,31,32);2*1H. The van der Waals surface area contributed by atoms with Crippen LogP contribution in [0.5, 0.6) is 5.75 Å². The Morgan fingerprint density at radius 3 is 2.25 bits per heavy atom. The highest BCUT2D eigenvalue weighted by atomic mass is 35.5. The predicted octanol–water partition coefficient (Wildman–Crippen LogP) is 4.00. The summed E-state index contributed by atoms with van der Waals surface area (Å²) in [4.78, 5) is 33.1. The number of likely N-dealkylation sites (tertiary alicyclic amines) is 1. The molecule has 2 amide bonds. The lowest BCUT2D eigenvalue weighted by atomic mass is 9.77. The molecule has 0 bridgehead atoms. The van der Waals surface area contributed by atoms with E-state index in [9.17, 15) is 9.59 Å². The van der Waals surface area contributed by atoms with Gasteiger partial charge in [0.15, 0.2) is 0 Å². The van der Waals surface area contributed by atoms with Crippen molar-refractivity contribution in [3.8, 4) is 16.9 Å². The van der Waals surface area contributed by atoms with Crippen molar-refractivity contribution < 1.29 is 14.3 Å². The third kappa shape index (κ3) is 5.50. The molecule has 0 aliphatic carbocycles. The van der Waals surface area contributed by atoms with E-state index in [4.69, 9.17) is 4.74 Å². The number of piperidine rings is 1. The van der Waals surface area contributed by atoms with Gasteiger partial charge in [-0.3, -0.25) is 14.7 Å². The van der Waals surface area contributed by atoms with E-state index in [0.717, 1.165) is 55.1 Å². The second-order valence-electron chi connectivity index (χ2n) is 10.4. The fourth-order valence-corrected chi connectivity index (χ4v) is 6.07. The van der Waals surface area contributed by atoms with Crippen LogP contribution in [0.15, 0.2) is 54.9 Å². The number of nitrogens with one attached hydrogen (secondary N) is 2. The molecule has 0 atom stereocenters. The summed E-state index contributed by atoms with van der Waals surface area (Å²) in [6, 6.07) is 13.9. The van der Waals surface area contributed by atoms with Crippen LogP contribution in [0.4, 0.5) is 11.4 Å². The third-order valence-electron chi connectivity index (χ3n) is 8.42. The van der Waals surface area contributed by atoms with Gasteiger partial charge in [0.1, 0.15) is 5.75 Å². The number of aromatic amines is 1. The Bertz CT molecular complexity index is 1300. The molecule has 3 fully saturated rings. The largest absolute Gasteiger partial charge is 0.496 e. The van der Waals surface area contributed by atoms with Crippen molar-refractivity contribution in [1.29, 1.82) is 0 Å². The van der Waals surface area contributed by atoms with E-state index in [1.165, 1.54) is 0 Å². The summed E-state index contributed by atoms with van der Waals surface area (Å²) in [5, 5.41) is 10.2. The molecule has 4 heterocycles. The van der Waals surface area contributed by atoms with Crippen molar-refractivity contribution in [2.75, 3.05) is 62.7 Å². The number of rotatable bonds is 5. The summed E-state index contributed by atoms with van der Waals surface area (Å²) in [6.07, 6.45) is 5.76. The maximum atomic E-state index is 13.7. The predicted molar refractivity (Wildman–Crippen MR) is 161 cm³/mol. The van der Waals surface area contributed by atoms with Gasteiger partial charge in [-0.15, -0.1) is 24.8 Å². The number of halogens is 2. The minimum Gasteiger partial charge on any atom is -0.496 e. The number of carbonyl (C=O) groups excluding carboxylic acids is 2. The number of hydrogen-bond donors (Lipinski definition) is 2. The summed E-state index contributed by atoms with van der Waals surface area (Å²) >= 11 is 0. The van der Waals surface area contributed by atoms with Crippen LogP contribution >= 0.6 is 24.8 Å². The van der Waals surface area contributed by atoms with Crippen molar-refractivity contribution in [3.05, 3.63) is 60.4 Å². The first-order valence-electron chi connectivity index (χ1n) is 13.4. The number of carbonyl (C=O) groups is 2. The van der Waals surface area contributed by atoms with Crippen molar-refractivity contribution in [2.45, 2.75) is 19.3 Å². The number of piperazine rings is 1. The fourth-order valence-electron chi connectivity index (χ4n) is 6.07. The summed E-state index contributed by atoms with van der Waals surface area (Å²) in [5.41, 5.74) is 4.18. The molecule has 11 heteroatoms. The van der Waals surface area contributed by atoms with Crippen molar-refractivity contribution in [1.82, 2.24) is 20.4 Å². The van der Waals surface area contributed by atoms with Crippen LogP contribution < -0.4 is 19.9 Å². The molecule has 6 rings (SSSR count). The van der Waals surface area contributed by atoms with Crippen LogP contribution in [0.2, 0.25) is 0 Å². The Hall–Kier alpha value is -3.27. The minimum atomic E-state index is -0.403. The highest BCUT2D eigenvalue weighted by molar-refractivity contribution is 6.01. The van der Waals surface area contributed by atoms with E-state index < -0.39 is 5.41 Å². The van der Waals surface area contributed by atoms with Crippen LogP contribution in [-0.2, 0) is 4.79 Å². The molecule has 3 aliphatic heterocycles. The maximum absolute atomic E-state index is 13.7. The van der Waals surface area contributed by atoms with Crippen molar-refractivity contribution in [2.24, 2.45) is 5.41 Å². The van der Waals surface area contributed by atoms with Gasteiger partial charge in [0.05, 0.1) is 18.7 Å². The van der Waals surface area contributed by atoms with E-state index in [2.05, 4.69) is 32.5 Å². The van der Waals surface area contributed by atoms with E-state index in [-0.39, 0.29) is 36.6 Å². The van der Waals surface area contributed by atoms with Gasteiger partial charge in [0.25, 0.3) is 5.91 Å². The quantitative estimate of drug-likeness (QED) is 0.469. The highest BCUT2D eigenvalue weighted by Crippen LogP contribution is 2.44. The minimum absolute atomic E-state index is 0. The molecule has 40 heavy (non-hydrogen) atoms. The molecule has 2 N–H and O–H groups in total. The molecular weight excluding hydrogens is 551 g/mol. The van der Waals surface area contributed by atoms with Gasteiger partial charge in [0, 0.05) is 86.1 Å². The van der Waals surface area contributed by atoms with E-state index >= 15 is 0 Å². The van der Waals surface area contributed by atoms with Crippen molar-refractivity contribution >= 4 is 48.0 Å². The second-order valence-corrected chi connectivity index (χ2v) is 10.4. The Morgan fingerprint density at radius 2 is 1.60 bits per heavy atom. The first kappa shape index (κ1) is 29.7. The average molecular weight is 588 g/mol. The zero-order chi connectivity index (χ0) is 26.1.